The lowest BCUT2D eigenvalue weighted by atomic mass is 10.2. The third kappa shape index (κ3) is 2.94. The van der Waals surface area contributed by atoms with Crippen LogP contribution >= 0.6 is 15.9 Å². The quantitative estimate of drug-likeness (QED) is 0.645. The molecule has 1 rings (SSSR count). The summed E-state index contributed by atoms with van der Waals surface area (Å²) in [5.74, 6) is 1.73. The highest BCUT2D eigenvalue weighted by molar-refractivity contribution is 9.12. The van der Waals surface area contributed by atoms with Crippen molar-refractivity contribution in [2.45, 2.75) is 6.04 Å². The number of carbonyl (C=O) groups is 2. The van der Waals surface area contributed by atoms with Crippen molar-refractivity contribution in [2.24, 2.45) is 0 Å². The van der Waals surface area contributed by atoms with Gasteiger partial charge in [-0.15, -0.1) is 0 Å². The van der Waals surface area contributed by atoms with Crippen LogP contribution in [-0.2, 0) is 14.3 Å². The first-order valence-corrected chi connectivity index (χ1v) is 5.21. The predicted molar refractivity (Wildman–Crippen MR) is 57.1 cm³/mol. The Morgan fingerprint density at radius 3 is 2.93 bits per heavy atom. The molecule has 0 aromatic rings. The maximum Gasteiger partial charge on any atom is 0.300 e. The first kappa shape index (κ1) is 12.0. The number of hydrogen-bond donors (Lipinski definition) is 1. The van der Waals surface area contributed by atoms with Crippen LogP contribution < -0.4 is 5.32 Å². The van der Waals surface area contributed by atoms with Gasteiger partial charge in [-0.3, -0.25) is 9.59 Å². The molecule has 0 radical (unpaired) electrons. The molecule has 82 valence electrons. The average molecular weight is 275 g/mol. The molecule has 1 N–H and O–H groups in total. The summed E-state index contributed by atoms with van der Waals surface area (Å²) in [7, 11) is 1.52. The van der Waals surface area contributed by atoms with Crippen molar-refractivity contribution in [3.63, 3.8) is 0 Å². The van der Waals surface area contributed by atoms with E-state index in [0.717, 1.165) is 0 Å². The standard InChI is InChI=1S/C9H11BrN2O3/c1-11-9(14)7-6-15-5-4-12(7)8(13)2-3-10/h7H,4-6H2,1H3,(H,11,14). The van der Waals surface area contributed by atoms with Crippen molar-refractivity contribution in [1.29, 1.82) is 0 Å². The van der Waals surface area contributed by atoms with Gasteiger partial charge in [-0.2, -0.15) is 0 Å². The van der Waals surface area contributed by atoms with Crippen molar-refractivity contribution in [2.75, 3.05) is 26.8 Å². The summed E-state index contributed by atoms with van der Waals surface area (Å²) in [6, 6.07) is -0.579. The lowest BCUT2D eigenvalue weighted by Crippen LogP contribution is -2.55. The fourth-order valence-corrected chi connectivity index (χ4v) is 1.51. The van der Waals surface area contributed by atoms with Crippen LogP contribution in [0.1, 0.15) is 0 Å². The van der Waals surface area contributed by atoms with Crippen LogP contribution in [0, 0.1) is 10.8 Å². The Balaban J connectivity index is 2.76. The Bertz CT molecular complexity index is 321. The second-order valence-electron chi connectivity index (χ2n) is 2.92. The Morgan fingerprint density at radius 2 is 2.33 bits per heavy atom. The van der Waals surface area contributed by atoms with E-state index in [-0.39, 0.29) is 18.4 Å². The number of rotatable bonds is 1. The van der Waals surface area contributed by atoms with Gasteiger partial charge in [0.25, 0.3) is 5.91 Å². The fraction of sp³-hybridized carbons (Fsp3) is 0.556. The molecule has 0 saturated carbocycles. The van der Waals surface area contributed by atoms with E-state index in [1.54, 1.807) is 0 Å². The third-order valence-corrected chi connectivity index (χ3v) is 2.29. The number of halogens is 1. The topological polar surface area (TPSA) is 58.6 Å². The number of carbonyl (C=O) groups excluding carboxylic acids is 2. The summed E-state index contributed by atoms with van der Waals surface area (Å²) in [5.41, 5.74) is 0. The molecule has 1 unspecified atom stereocenters. The number of likely N-dealkylation sites (N-methyl/N-ethyl adjacent to an activating group) is 1. The van der Waals surface area contributed by atoms with Crippen molar-refractivity contribution in [1.82, 2.24) is 10.2 Å². The Hall–Kier alpha value is -1.06. The van der Waals surface area contributed by atoms with Crippen molar-refractivity contribution >= 4 is 27.7 Å². The summed E-state index contributed by atoms with van der Waals surface area (Å²) in [4.78, 5) is 26.7. The lowest BCUT2D eigenvalue weighted by Gasteiger charge is -2.32. The summed E-state index contributed by atoms with van der Waals surface area (Å²) in [6.07, 6.45) is 0. The zero-order valence-corrected chi connectivity index (χ0v) is 9.83. The van der Waals surface area contributed by atoms with Crippen molar-refractivity contribution in [3.8, 4) is 10.8 Å². The average Bonchev–Trinajstić information content (AvgIpc) is 2.28. The van der Waals surface area contributed by atoms with Gasteiger partial charge in [0.15, 0.2) is 0 Å². The van der Waals surface area contributed by atoms with Gasteiger partial charge in [-0.1, -0.05) is 0 Å². The highest BCUT2D eigenvalue weighted by atomic mass is 79.9. The molecule has 0 aliphatic carbocycles. The van der Waals surface area contributed by atoms with Gasteiger partial charge in [0, 0.05) is 35.4 Å². The number of amides is 2. The minimum Gasteiger partial charge on any atom is -0.377 e. The summed E-state index contributed by atoms with van der Waals surface area (Å²) < 4.78 is 5.15. The van der Waals surface area contributed by atoms with E-state index >= 15 is 0 Å². The van der Waals surface area contributed by atoms with Crippen LogP contribution in [0.5, 0.6) is 0 Å². The Labute approximate surface area is 96.3 Å². The van der Waals surface area contributed by atoms with E-state index in [1.165, 1.54) is 11.9 Å². The Morgan fingerprint density at radius 1 is 1.60 bits per heavy atom. The normalized spacial score (nSPS) is 20.1. The Kier molecular flexibility index (Phi) is 4.59. The van der Waals surface area contributed by atoms with Crippen LogP contribution in [0.25, 0.3) is 0 Å². The van der Waals surface area contributed by atoms with Gasteiger partial charge >= 0.3 is 0 Å². The van der Waals surface area contributed by atoms with Crippen LogP contribution in [0.3, 0.4) is 0 Å². The maximum absolute atomic E-state index is 11.5. The van der Waals surface area contributed by atoms with E-state index in [2.05, 4.69) is 32.0 Å². The molecule has 0 aromatic heterocycles. The van der Waals surface area contributed by atoms with Gasteiger partial charge in [-0.25, -0.2) is 0 Å². The van der Waals surface area contributed by atoms with Crippen LogP contribution in [0.15, 0.2) is 0 Å². The first-order chi connectivity index (χ1) is 7.20. The maximum atomic E-state index is 11.5. The van der Waals surface area contributed by atoms with E-state index < -0.39 is 6.04 Å². The van der Waals surface area contributed by atoms with E-state index in [4.69, 9.17) is 4.74 Å². The molecule has 0 spiro atoms. The van der Waals surface area contributed by atoms with Crippen LogP contribution in [-0.4, -0.2) is 49.6 Å². The minimum absolute atomic E-state index is 0.218. The van der Waals surface area contributed by atoms with Crippen molar-refractivity contribution < 1.29 is 14.3 Å². The lowest BCUT2D eigenvalue weighted by molar-refractivity contribution is -0.144. The SMILES string of the molecule is CNC(=O)C1COCCN1C(=O)C#CBr. The van der Waals surface area contributed by atoms with Gasteiger partial charge < -0.3 is 15.0 Å². The minimum atomic E-state index is -0.579. The molecular formula is C9H11BrN2O3. The number of nitrogens with zero attached hydrogens (tertiary/aromatic N) is 1. The molecule has 2 amide bonds. The molecule has 0 aromatic carbocycles. The summed E-state index contributed by atoms with van der Waals surface area (Å²) in [6.45, 7) is 1.04. The smallest absolute Gasteiger partial charge is 0.300 e. The zero-order valence-electron chi connectivity index (χ0n) is 8.25. The number of nitrogens with one attached hydrogen (secondary N) is 1. The summed E-state index contributed by atoms with van der Waals surface area (Å²) >= 11 is 2.85. The highest BCUT2D eigenvalue weighted by Crippen LogP contribution is 2.07. The third-order valence-electron chi connectivity index (χ3n) is 2.09. The van der Waals surface area contributed by atoms with E-state index in [9.17, 15) is 9.59 Å². The number of ether oxygens (including phenoxy) is 1. The van der Waals surface area contributed by atoms with Gasteiger partial charge in [0.2, 0.25) is 5.91 Å². The molecule has 1 heterocycles. The molecular weight excluding hydrogens is 264 g/mol. The molecule has 15 heavy (non-hydrogen) atoms. The fourth-order valence-electron chi connectivity index (χ4n) is 1.34. The monoisotopic (exact) mass is 274 g/mol. The van der Waals surface area contributed by atoms with Crippen LogP contribution in [0.2, 0.25) is 0 Å². The van der Waals surface area contributed by atoms with Crippen molar-refractivity contribution in [3.05, 3.63) is 0 Å². The highest BCUT2D eigenvalue weighted by Gasteiger charge is 2.31. The molecule has 1 aliphatic heterocycles. The number of morpholine rings is 1. The van der Waals surface area contributed by atoms with E-state index in [0.29, 0.717) is 13.2 Å². The zero-order chi connectivity index (χ0) is 11.3. The molecule has 6 heteroatoms. The molecule has 1 atom stereocenters. The summed E-state index contributed by atoms with van der Waals surface area (Å²) in [5, 5.41) is 2.49. The van der Waals surface area contributed by atoms with Gasteiger partial charge in [-0.05, 0) is 4.83 Å². The first-order valence-electron chi connectivity index (χ1n) is 4.42. The molecule has 0 bridgehead atoms. The second-order valence-corrected chi connectivity index (χ2v) is 3.32. The largest absolute Gasteiger partial charge is 0.377 e. The predicted octanol–water partition coefficient (Wildman–Crippen LogP) is -0.684. The molecule has 5 nitrogen and oxygen atoms in total. The molecule has 1 saturated heterocycles. The second kappa shape index (κ2) is 5.73. The molecule has 1 fully saturated rings. The van der Waals surface area contributed by atoms with Gasteiger partial charge in [0.1, 0.15) is 6.04 Å². The van der Waals surface area contributed by atoms with Gasteiger partial charge in [0.05, 0.1) is 13.2 Å². The number of hydrogen-bond acceptors (Lipinski definition) is 3. The van der Waals surface area contributed by atoms with Crippen LogP contribution in [0.4, 0.5) is 0 Å². The van der Waals surface area contributed by atoms with E-state index in [1.807, 2.05) is 0 Å². The molecule has 1 aliphatic rings.